The highest BCUT2D eigenvalue weighted by Gasteiger charge is 2.15. The molecule has 0 saturated heterocycles. The fourth-order valence-corrected chi connectivity index (χ4v) is 2.71. The molecule has 2 N–H and O–H groups in total. The van der Waals surface area contributed by atoms with Gasteiger partial charge in [0.25, 0.3) is 5.91 Å². The van der Waals surface area contributed by atoms with E-state index in [2.05, 4.69) is 34.6 Å². The maximum atomic E-state index is 12.6. The summed E-state index contributed by atoms with van der Waals surface area (Å²) in [5.74, 6) is 0.583. The minimum absolute atomic E-state index is 0.172. The Morgan fingerprint density at radius 3 is 2.64 bits per heavy atom. The van der Waals surface area contributed by atoms with Crippen molar-refractivity contribution in [1.82, 2.24) is 15.5 Å². The van der Waals surface area contributed by atoms with Gasteiger partial charge >= 0.3 is 0 Å². The molecular formula is C20H21N3O2. The normalized spacial score (nSPS) is 10.5. The van der Waals surface area contributed by atoms with Gasteiger partial charge in [-0.05, 0) is 18.1 Å². The summed E-state index contributed by atoms with van der Waals surface area (Å²) in [5, 5.41) is 9.90. The van der Waals surface area contributed by atoms with Gasteiger partial charge < -0.3 is 10.1 Å². The summed E-state index contributed by atoms with van der Waals surface area (Å²) in [6, 6.07) is 15.8. The lowest BCUT2D eigenvalue weighted by Crippen LogP contribution is -2.23. The molecule has 128 valence electrons. The average molecular weight is 335 g/mol. The number of rotatable bonds is 6. The van der Waals surface area contributed by atoms with Crippen LogP contribution in [0.25, 0.3) is 11.3 Å². The second-order valence-corrected chi connectivity index (χ2v) is 5.70. The number of hydrogen-bond donors (Lipinski definition) is 2. The van der Waals surface area contributed by atoms with Crippen molar-refractivity contribution in [2.75, 3.05) is 7.11 Å². The zero-order valence-electron chi connectivity index (χ0n) is 14.4. The third-order valence-corrected chi connectivity index (χ3v) is 4.17. The highest BCUT2D eigenvalue weighted by molar-refractivity contribution is 5.99. The molecule has 0 atom stereocenters. The highest BCUT2D eigenvalue weighted by Crippen LogP contribution is 2.22. The number of para-hydroxylation sites is 1. The number of amides is 1. The molecule has 0 saturated carbocycles. The largest absolute Gasteiger partial charge is 0.496 e. The zero-order chi connectivity index (χ0) is 17.6. The number of nitrogens with zero attached hydrogens (tertiary/aromatic N) is 1. The number of aromatic nitrogens is 2. The van der Waals surface area contributed by atoms with Gasteiger partial charge in [-0.1, -0.05) is 49.4 Å². The Balaban J connectivity index is 1.76. The van der Waals surface area contributed by atoms with Crippen LogP contribution in [-0.2, 0) is 13.0 Å². The monoisotopic (exact) mass is 335 g/mol. The smallest absolute Gasteiger partial charge is 0.255 e. The molecule has 0 aliphatic rings. The molecule has 1 amide bonds. The van der Waals surface area contributed by atoms with Crippen molar-refractivity contribution < 1.29 is 9.53 Å². The minimum Gasteiger partial charge on any atom is -0.496 e. The lowest BCUT2D eigenvalue weighted by molar-refractivity contribution is 0.0951. The van der Waals surface area contributed by atoms with Crippen molar-refractivity contribution in [2.24, 2.45) is 0 Å². The standard InChI is InChI=1S/C20H21N3O2/c1-3-14-8-10-15(11-9-14)19-17(13-22-23-19)20(24)21-12-16-6-4-5-7-18(16)25-2/h4-11,13H,3,12H2,1-2H3,(H,21,24)(H,22,23). The number of ether oxygens (including phenoxy) is 1. The van der Waals surface area contributed by atoms with Gasteiger partial charge in [-0.25, -0.2) is 0 Å². The SMILES string of the molecule is CCc1ccc(-c2[nH]ncc2C(=O)NCc2ccccc2OC)cc1. The molecule has 0 aliphatic carbocycles. The molecular weight excluding hydrogens is 314 g/mol. The van der Waals surface area contributed by atoms with Gasteiger partial charge in [0.1, 0.15) is 5.75 Å². The van der Waals surface area contributed by atoms with Crippen LogP contribution < -0.4 is 10.1 Å². The first-order valence-corrected chi connectivity index (χ1v) is 8.25. The maximum Gasteiger partial charge on any atom is 0.255 e. The Labute approximate surface area is 147 Å². The second-order valence-electron chi connectivity index (χ2n) is 5.70. The van der Waals surface area contributed by atoms with Crippen LogP contribution in [0, 0.1) is 0 Å². The zero-order valence-corrected chi connectivity index (χ0v) is 14.4. The summed E-state index contributed by atoms with van der Waals surface area (Å²) < 4.78 is 5.31. The summed E-state index contributed by atoms with van der Waals surface area (Å²) in [4.78, 5) is 12.6. The minimum atomic E-state index is -0.172. The number of methoxy groups -OCH3 is 1. The first-order chi connectivity index (χ1) is 12.2. The van der Waals surface area contributed by atoms with Gasteiger partial charge in [-0.3, -0.25) is 9.89 Å². The predicted molar refractivity (Wildman–Crippen MR) is 97.6 cm³/mol. The third-order valence-electron chi connectivity index (χ3n) is 4.17. The average Bonchev–Trinajstić information content (AvgIpc) is 3.16. The number of H-pyrrole nitrogens is 1. The van der Waals surface area contributed by atoms with Crippen LogP contribution in [0.15, 0.2) is 54.7 Å². The summed E-state index contributed by atoms with van der Waals surface area (Å²) in [7, 11) is 1.62. The van der Waals surface area contributed by atoms with Crippen LogP contribution in [0.4, 0.5) is 0 Å². The van der Waals surface area contributed by atoms with Crippen LogP contribution in [0.3, 0.4) is 0 Å². The molecule has 5 heteroatoms. The van der Waals surface area contributed by atoms with Gasteiger partial charge in [0.2, 0.25) is 0 Å². The molecule has 1 heterocycles. The number of carbonyl (C=O) groups is 1. The molecule has 0 spiro atoms. The molecule has 1 aromatic heterocycles. The van der Waals surface area contributed by atoms with E-state index in [1.807, 2.05) is 36.4 Å². The van der Waals surface area contributed by atoms with E-state index in [1.165, 1.54) is 5.56 Å². The van der Waals surface area contributed by atoms with E-state index in [1.54, 1.807) is 13.3 Å². The Morgan fingerprint density at radius 1 is 1.16 bits per heavy atom. The molecule has 3 rings (SSSR count). The predicted octanol–water partition coefficient (Wildman–Crippen LogP) is 3.58. The first-order valence-electron chi connectivity index (χ1n) is 8.25. The first kappa shape index (κ1) is 16.8. The van der Waals surface area contributed by atoms with E-state index in [0.29, 0.717) is 12.1 Å². The van der Waals surface area contributed by atoms with Crippen LogP contribution in [0.2, 0.25) is 0 Å². The number of benzene rings is 2. The number of carbonyl (C=O) groups excluding carboxylic acids is 1. The Bertz CT molecular complexity index is 853. The molecule has 3 aromatic rings. The molecule has 0 unspecified atom stereocenters. The number of nitrogens with one attached hydrogen (secondary N) is 2. The third kappa shape index (κ3) is 3.71. The number of aromatic amines is 1. The Morgan fingerprint density at radius 2 is 1.92 bits per heavy atom. The van der Waals surface area contributed by atoms with E-state index < -0.39 is 0 Å². The quantitative estimate of drug-likeness (QED) is 0.723. The van der Waals surface area contributed by atoms with E-state index in [9.17, 15) is 4.79 Å². The fourth-order valence-electron chi connectivity index (χ4n) is 2.71. The lowest BCUT2D eigenvalue weighted by atomic mass is 10.0. The Kier molecular flexibility index (Phi) is 5.14. The second kappa shape index (κ2) is 7.66. The van der Waals surface area contributed by atoms with Crippen molar-refractivity contribution in [1.29, 1.82) is 0 Å². The summed E-state index contributed by atoms with van der Waals surface area (Å²) in [6.45, 7) is 2.50. The van der Waals surface area contributed by atoms with Gasteiger partial charge in [-0.2, -0.15) is 5.10 Å². The van der Waals surface area contributed by atoms with Gasteiger partial charge in [-0.15, -0.1) is 0 Å². The summed E-state index contributed by atoms with van der Waals surface area (Å²) in [6.07, 6.45) is 2.54. The number of aryl methyl sites for hydroxylation is 1. The van der Waals surface area contributed by atoms with Crippen LogP contribution in [0.1, 0.15) is 28.4 Å². The summed E-state index contributed by atoms with van der Waals surface area (Å²) >= 11 is 0. The van der Waals surface area contributed by atoms with Gasteiger partial charge in [0.15, 0.2) is 0 Å². The molecule has 25 heavy (non-hydrogen) atoms. The van der Waals surface area contributed by atoms with Crippen LogP contribution >= 0.6 is 0 Å². The van der Waals surface area contributed by atoms with Crippen molar-refractivity contribution in [3.8, 4) is 17.0 Å². The molecule has 5 nitrogen and oxygen atoms in total. The van der Waals surface area contributed by atoms with Crippen molar-refractivity contribution in [3.05, 3.63) is 71.4 Å². The topological polar surface area (TPSA) is 67.0 Å². The molecule has 0 aliphatic heterocycles. The number of hydrogen-bond acceptors (Lipinski definition) is 3. The maximum absolute atomic E-state index is 12.6. The molecule has 0 bridgehead atoms. The highest BCUT2D eigenvalue weighted by atomic mass is 16.5. The molecule has 0 fully saturated rings. The van der Waals surface area contributed by atoms with Gasteiger partial charge in [0.05, 0.1) is 24.6 Å². The van der Waals surface area contributed by atoms with E-state index >= 15 is 0 Å². The summed E-state index contributed by atoms with van der Waals surface area (Å²) in [5.41, 5.74) is 4.37. The van der Waals surface area contributed by atoms with Crippen molar-refractivity contribution >= 4 is 5.91 Å². The van der Waals surface area contributed by atoms with Gasteiger partial charge in [0, 0.05) is 17.7 Å². The van der Waals surface area contributed by atoms with Crippen molar-refractivity contribution in [3.63, 3.8) is 0 Å². The Hall–Kier alpha value is -3.08. The van der Waals surface area contributed by atoms with Crippen molar-refractivity contribution in [2.45, 2.75) is 19.9 Å². The van der Waals surface area contributed by atoms with E-state index in [0.717, 1.165) is 29.0 Å². The van der Waals surface area contributed by atoms with Crippen LogP contribution in [-0.4, -0.2) is 23.2 Å². The molecule has 0 radical (unpaired) electrons. The fraction of sp³-hybridized carbons (Fsp3) is 0.200. The van der Waals surface area contributed by atoms with E-state index in [-0.39, 0.29) is 5.91 Å². The lowest BCUT2D eigenvalue weighted by Gasteiger charge is -2.10. The van der Waals surface area contributed by atoms with Crippen LogP contribution in [0.5, 0.6) is 5.75 Å². The van der Waals surface area contributed by atoms with E-state index in [4.69, 9.17) is 4.74 Å². The molecule has 2 aromatic carbocycles.